The van der Waals surface area contributed by atoms with Crippen LogP contribution in [0.25, 0.3) is 11.3 Å². The largest absolute Gasteiger partial charge is 0.352 e. The summed E-state index contributed by atoms with van der Waals surface area (Å²) in [4.78, 5) is 54.4. The summed E-state index contributed by atoms with van der Waals surface area (Å²) in [5, 5.41) is 10.4. The number of hydrogen-bond donors (Lipinski definition) is 3. The smallest absolute Gasteiger partial charge is 0.325 e. The quantitative estimate of drug-likeness (QED) is 0.459. The average Bonchev–Trinajstić information content (AvgIpc) is 3.32. The third kappa shape index (κ3) is 5.75. The number of nitrogens with one attached hydrogen (secondary N) is 3. The highest BCUT2D eigenvalue weighted by atomic mass is 32.1. The van der Waals surface area contributed by atoms with Crippen LogP contribution in [0, 0.1) is 0 Å². The molecule has 5 amide bonds. The van der Waals surface area contributed by atoms with Gasteiger partial charge >= 0.3 is 6.03 Å². The number of aromatic nitrogens is 1. The maximum Gasteiger partial charge on any atom is 0.325 e. The van der Waals surface area contributed by atoms with Crippen LogP contribution in [-0.2, 0) is 20.9 Å². The van der Waals surface area contributed by atoms with Crippen molar-refractivity contribution in [1.29, 1.82) is 0 Å². The zero-order chi connectivity index (χ0) is 24.0. The molecule has 0 radical (unpaired) electrons. The Labute approximate surface area is 197 Å². The van der Waals surface area contributed by atoms with Crippen molar-refractivity contribution in [3.05, 3.63) is 35.2 Å². The number of anilines is 1. The first-order valence-corrected chi connectivity index (χ1v) is 11.9. The molecule has 1 aliphatic rings. The highest BCUT2D eigenvalue weighted by molar-refractivity contribution is 7.14. The summed E-state index contributed by atoms with van der Waals surface area (Å²) in [6.07, 6.45) is 2.59. The molecule has 0 atom stereocenters. The molecule has 3 rings (SSSR count). The molecule has 33 heavy (non-hydrogen) atoms. The van der Waals surface area contributed by atoms with Gasteiger partial charge in [-0.25, -0.2) is 9.78 Å². The Kier molecular flexibility index (Phi) is 7.80. The van der Waals surface area contributed by atoms with Gasteiger partial charge in [-0.1, -0.05) is 51.0 Å². The van der Waals surface area contributed by atoms with Crippen LogP contribution in [0.4, 0.5) is 9.93 Å². The predicted octanol–water partition coefficient (Wildman–Crippen LogP) is 3.28. The average molecular weight is 472 g/mol. The molecule has 176 valence electrons. The lowest BCUT2D eigenvalue weighted by atomic mass is 9.88. The Morgan fingerprint density at radius 1 is 1.12 bits per heavy atom. The van der Waals surface area contributed by atoms with Crippen LogP contribution in [0.5, 0.6) is 0 Å². The lowest BCUT2D eigenvalue weighted by Gasteiger charge is -2.25. The van der Waals surface area contributed by atoms with Crippen molar-refractivity contribution >= 4 is 40.2 Å². The zero-order valence-electron chi connectivity index (χ0n) is 19.1. The van der Waals surface area contributed by atoms with Crippen molar-refractivity contribution in [3.8, 4) is 11.3 Å². The van der Waals surface area contributed by atoms with Gasteiger partial charge in [-0.2, -0.15) is 0 Å². The van der Waals surface area contributed by atoms with E-state index in [2.05, 4.69) is 20.9 Å². The predicted molar refractivity (Wildman–Crippen MR) is 126 cm³/mol. The van der Waals surface area contributed by atoms with E-state index in [1.54, 1.807) is 0 Å². The number of amides is 5. The van der Waals surface area contributed by atoms with Gasteiger partial charge in [0, 0.05) is 24.4 Å². The summed E-state index contributed by atoms with van der Waals surface area (Å²) in [5.41, 5.74) is 1.62. The van der Waals surface area contributed by atoms with Crippen molar-refractivity contribution < 1.29 is 19.2 Å². The summed E-state index contributed by atoms with van der Waals surface area (Å²) in [6, 6.07) is 7.06. The maximum atomic E-state index is 12.9. The maximum absolute atomic E-state index is 12.9. The fraction of sp³-hybridized carbons (Fsp3) is 0.435. The number of nitrogens with zero attached hydrogens (tertiary/aromatic N) is 2. The zero-order valence-corrected chi connectivity index (χ0v) is 19.9. The second-order valence-corrected chi connectivity index (χ2v) is 8.95. The molecule has 0 unspecified atom stereocenters. The van der Waals surface area contributed by atoms with Gasteiger partial charge in [-0.3, -0.25) is 19.3 Å². The first kappa shape index (κ1) is 24.4. The molecule has 0 spiro atoms. The Morgan fingerprint density at radius 3 is 2.39 bits per heavy atom. The lowest BCUT2D eigenvalue weighted by molar-refractivity contribution is -0.134. The van der Waals surface area contributed by atoms with E-state index in [0.717, 1.165) is 28.9 Å². The number of rotatable bonds is 10. The molecule has 0 bridgehead atoms. The molecule has 3 N–H and O–H groups in total. The van der Waals surface area contributed by atoms with Crippen molar-refractivity contribution in [2.75, 3.05) is 11.9 Å². The van der Waals surface area contributed by atoms with Crippen molar-refractivity contribution in [3.63, 3.8) is 0 Å². The number of thiazole rings is 1. The normalized spacial score (nSPS) is 14.8. The van der Waals surface area contributed by atoms with E-state index >= 15 is 0 Å². The van der Waals surface area contributed by atoms with E-state index in [-0.39, 0.29) is 18.4 Å². The van der Waals surface area contributed by atoms with Crippen molar-refractivity contribution in [2.45, 2.75) is 58.5 Å². The van der Waals surface area contributed by atoms with Crippen LogP contribution in [0.2, 0.25) is 0 Å². The molecule has 0 saturated carbocycles. The number of benzene rings is 1. The molecule has 10 heteroatoms. The second-order valence-electron chi connectivity index (χ2n) is 8.10. The van der Waals surface area contributed by atoms with Gasteiger partial charge in [0.05, 0.1) is 5.69 Å². The summed E-state index contributed by atoms with van der Waals surface area (Å²) < 4.78 is 0. The molecule has 2 heterocycles. The number of imide groups is 1. The fourth-order valence-electron chi connectivity index (χ4n) is 3.92. The van der Waals surface area contributed by atoms with E-state index in [9.17, 15) is 19.2 Å². The van der Waals surface area contributed by atoms with E-state index in [1.807, 2.05) is 43.5 Å². The molecule has 1 saturated heterocycles. The van der Waals surface area contributed by atoms with E-state index < -0.39 is 17.5 Å². The number of carbonyl (C=O) groups excluding carboxylic acids is 4. The summed E-state index contributed by atoms with van der Waals surface area (Å²) in [5.74, 6) is -0.909. The van der Waals surface area contributed by atoms with Crippen LogP contribution < -0.4 is 16.0 Å². The third-order valence-corrected chi connectivity index (χ3v) is 6.20. The van der Waals surface area contributed by atoms with Crippen LogP contribution in [0.15, 0.2) is 29.6 Å². The SMILES string of the molecule is CCCC1(CCC)NC(=O)N(CC(=O)Nc2nc(-c3ccc(CNC(C)=O)cc3)cs2)C1=O. The van der Waals surface area contributed by atoms with Gasteiger partial charge in [0.15, 0.2) is 5.13 Å². The third-order valence-electron chi connectivity index (χ3n) is 5.44. The van der Waals surface area contributed by atoms with Gasteiger partial charge in [-0.15, -0.1) is 11.3 Å². The molecule has 9 nitrogen and oxygen atoms in total. The molecule has 1 aromatic carbocycles. The monoisotopic (exact) mass is 471 g/mol. The van der Waals surface area contributed by atoms with Crippen LogP contribution in [0.1, 0.15) is 52.0 Å². The Hall–Kier alpha value is -3.27. The number of hydrogen-bond acceptors (Lipinski definition) is 6. The summed E-state index contributed by atoms with van der Waals surface area (Å²) >= 11 is 1.26. The number of urea groups is 1. The van der Waals surface area contributed by atoms with Crippen molar-refractivity contribution in [1.82, 2.24) is 20.5 Å². The van der Waals surface area contributed by atoms with Crippen LogP contribution in [-0.4, -0.2) is 45.7 Å². The first-order valence-electron chi connectivity index (χ1n) is 11.0. The minimum atomic E-state index is -0.915. The Bertz CT molecular complexity index is 1030. The first-order chi connectivity index (χ1) is 15.8. The molecule has 1 fully saturated rings. The molecule has 2 aromatic rings. The standard InChI is InChI=1S/C23H29N5O4S/c1-4-10-23(11-5-2)20(31)28(22(32)27-23)13-19(30)26-21-25-18(14-33-21)17-8-6-16(7-9-17)12-24-15(3)29/h6-9,14H,4-5,10-13H2,1-3H3,(H,24,29)(H,27,32)(H,25,26,30). The molecular weight excluding hydrogens is 442 g/mol. The molecule has 1 aliphatic heterocycles. The molecular formula is C23H29N5O4S. The van der Waals surface area contributed by atoms with Gasteiger partial charge in [0.2, 0.25) is 11.8 Å². The molecule has 0 aliphatic carbocycles. The Morgan fingerprint density at radius 2 is 1.79 bits per heavy atom. The summed E-state index contributed by atoms with van der Waals surface area (Å²) in [6.45, 7) is 5.49. The Balaban J connectivity index is 1.61. The van der Waals surface area contributed by atoms with Crippen LogP contribution in [0.3, 0.4) is 0 Å². The van der Waals surface area contributed by atoms with Crippen molar-refractivity contribution in [2.24, 2.45) is 0 Å². The highest BCUT2D eigenvalue weighted by Gasteiger charge is 2.50. The van der Waals surface area contributed by atoms with Gasteiger partial charge in [0.25, 0.3) is 5.91 Å². The lowest BCUT2D eigenvalue weighted by Crippen LogP contribution is -2.47. The second kappa shape index (κ2) is 10.6. The topological polar surface area (TPSA) is 120 Å². The van der Waals surface area contributed by atoms with Gasteiger partial charge in [0.1, 0.15) is 12.1 Å². The highest BCUT2D eigenvalue weighted by Crippen LogP contribution is 2.28. The number of carbonyl (C=O) groups is 4. The van der Waals surface area contributed by atoms with E-state index in [4.69, 9.17) is 0 Å². The fourth-order valence-corrected chi connectivity index (χ4v) is 4.66. The van der Waals surface area contributed by atoms with E-state index in [0.29, 0.717) is 30.2 Å². The van der Waals surface area contributed by atoms with Gasteiger partial charge in [-0.05, 0) is 18.4 Å². The molecule has 1 aromatic heterocycles. The van der Waals surface area contributed by atoms with Crippen LogP contribution >= 0.6 is 11.3 Å². The summed E-state index contributed by atoms with van der Waals surface area (Å²) in [7, 11) is 0. The minimum Gasteiger partial charge on any atom is -0.352 e. The van der Waals surface area contributed by atoms with E-state index in [1.165, 1.54) is 18.3 Å². The minimum absolute atomic E-state index is 0.0894. The van der Waals surface area contributed by atoms with Gasteiger partial charge < -0.3 is 16.0 Å².